The zero-order valence-electron chi connectivity index (χ0n) is 12.2. The van der Waals surface area contributed by atoms with E-state index in [9.17, 15) is 22.8 Å². The third-order valence-electron chi connectivity index (χ3n) is 2.57. The highest BCUT2D eigenvalue weighted by Crippen LogP contribution is 2.17. The van der Waals surface area contributed by atoms with Crippen LogP contribution in [0.1, 0.15) is 17.3 Å². The monoisotopic (exact) mass is 329 g/mol. The number of amides is 2. The Labute approximate surface area is 127 Å². The number of carbonyl (C=O) groups is 3. The summed E-state index contributed by atoms with van der Waals surface area (Å²) in [5.74, 6) is -1.88. The number of alkyl carbamates (subject to hydrolysis) is 1. The number of benzene rings is 1. The van der Waals surface area contributed by atoms with E-state index in [4.69, 9.17) is 4.74 Å². The summed E-state index contributed by atoms with van der Waals surface area (Å²) in [4.78, 5) is 34.2. The van der Waals surface area contributed by atoms with E-state index in [1.54, 1.807) is 0 Å². The number of ether oxygens (including phenoxy) is 2. The predicted molar refractivity (Wildman–Crippen MR) is 75.0 cm³/mol. The van der Waals surface area contributed by atoms with Crippen LogP contribution < -0.4 is 5.32 Å². The standard InChI is InChI=1S/C13H15NO7S/c1-8(11(15)14-13(17)20-2)21-12(16)9-6-4-5-7-10(9)22(3,18)19/h4-8H,1-3H3,(H,14,15,17)/t8-/m0/s1. The molecule has 0 aliphatic heterocycles. The molecule has 22 heavy (non-hydrogen) atoms. The molecule has 0 heterocycles. The molecule has 0 radical (unpaired) electrons. The van der Waals surface area contributed by atoms with Gasteiger partial charge < -0.3 is 9.47 Å². The van der Waals surface area contributed by atoms with Crippen molar-refractivity contribution in [2.24, 2.45) is 0 Å². The molecular weight excluding hydrogens is 314 g/mol. The number of nitrogens with one attached hydrogen (secondary N) is 1. The summed E-state index contributed by atoms with van der Waals surface area (Å²) in [7, 11) is -2.56. The van der Waals surface area contributed by atoms with E-state index in [2.05, 4.69) is 4.74 Å². The Morgan fingerprint density at radius 3 is 2.32 bits per heavy atom. The van der Waals surface area contributed by atoms with Gasteiger partial charge in [-0.3, -0.25) is 10.1 Å². The molecule has 0 aromatic heterocycles. The number of carbonyl (C=O) groups excluding carboxylic acids is 3. The Morgan fingerprint density at radius 2 is 1.77 bits per heavy atom. The lowest BCUT2D eigenvalue weighted by Gasteiger charge is -2.13. The van der Waals surface area contributed by atoms with Gasteiger partial charge in [0.25, 0.3) is 5.91 Å². The number of imide groups is 1. The van der Waals surface area contributed by atoms with Gasteiger partial charge in [0.15, 0.2) is 15.9 Å². The van der Waals surface area contributed by atoms with Gasteiger partial charge in [0.05, 0.1) is 17.6 Å². The van der Waals surface area contributed by atoms with Gasteiger partial charge in [-0.1, -0.05) is 12.1 Å². The van der Waals surface area contributed by atoms with Gasteiger partial charge >= 0.3 is 12.1 Å². The Morgan fingerprint density at radius 1 is 1.18 bits per heavy atom. The van der Waals surface area contributed by atoms with Gasteiger partial charge in [-0.05, 0) is 19.1 Å². The van der Waals surface area contributed by atoms with Crippen molar-refractivity contribution in [2.75, 3.05) is 13.4 Å². The van der Waals surface area contributed by atoms with Crippen LogP contribution in [0.4, 0.5) is 4.79 Å². The van der Waals surface area contributed by atoms with Crippen LogP contribution in [-0.2, 0) is 24.1 Å². The van der Waals surface area contributed by atoms with E-state index in [0.29, 0.717) is 0 Å². The molecule has 1 atom stereocenters. The van der Waals surface area contributed by atoms with Gasteiger partial charge in [0.2, 0.25) is 0 Å². The van der Waals surface area contributed by atoms with Crippen LogP contribution in [0.5, 0.6) is 0 Å². The number of hydrogen-bond donors (Lipinski definition) is 1. The lowest BCUT2D eigenvalue weighted by molar-refractivity contribution is -0.128. The van der Waals surface area contributed by atoms with Gasteiger partial charge in [-0.25, -0.2) is 18.0 Å². The van der Waals surface area contributed by atoms with Crippen molar-refractivity contribution in [3.05, 3.63) is 29.8 Å². The molecule has 0 bridgehead atoms. The Balaban J connectivity index is 2.91. The number of methoxy groups -OCH3 is 1. The van der Waals surface area contributed by atoms with Crippen molar-refractivity contribution in [3.8, 4) is 0 Å². The Bertz CT molecular complexity index is 696. The lowest BCUT2D eigenvalue weighted by atomic mass is 10.2. The quantitative estimate of drug-likeness (QED) is 0.800. The topological polar surface area (TPSA) is 116 Å². The number of rotatable bonds is 4. The van der Waals surface area contributed by atoms with E-state index < -0.39 is 33.9 Å². The number of esters is 1. The molecule has 120 valence electrons. The maximum absolute atomic E-state index is 12.0. The van der Waals surface area contributed by atoms with Gasteiger partial charge in [0, 0.05) is 6.26 Å². The molecule has 2 amide bonds. The highest BCUT2D eigenvalue weighted by molar-refractivity contribution is 7.90. The van der Waals surface area contributed by atoms with Crippen LogP contribution >= 0.6 is 0 Å². The SMILES string of the molecule is COC(=O)NC(=O)[C@H](C)OC(=O)c1ccccc1S(C)(=O)=O. The van der Waals surface area contributed by atoms with Crippen LogP contribution in [0.25, 0.3) is 0 Å². The molecule has 0 aliphatic carbocycles. The van der Waals surface area contributed by atoms with Crippen LogP contribution in [0, 0.1) is 0 Å². The summed E-state index contributed by atoms with van der Waals surface area (Å²) in [6.07, 6.45) is -1.35. The van der Waals surface area contributed by atoms with E-state index in [0.717, 1.165) is 13.4 Å². The second kappa shape index (κ2) is 7.03. The van der Waals surface area contributed by atoms with Gasteiger partial charge in [-0.2, -0.15) is 0 Å². The predicted octanol–water partition coefficient (Wildman–Crippen LogP) is 0.518. The second-order valence-electron chi connectivity index (χ2n) is 4.30. The van der Waals surface area contributed by atoms with E-state index in [1.165, 1.54) is 31.2 Å². The summed E-state index contributed by atoms with van der Waals surface area (Å²) >= 11 is 0. The fraction of sp³-hybridized carbons (Fsp3) is 0.308. The zero-order chi connectivity index (χ0) is 16.9. The summed E-state index contributed by atoms with van der Waals surface area (Å²) < 4.78 is 32.3. The Kier molecular flexibility index (Phi) is 5.63. The minimum atomic E-state index is -3.63. The van der Waals surface area contributed by atoms with Gasteiger partial charge in [0.1, 0.15) is 0 Å². The van der Waals surface area contributed by atoms with E-state index in [1.807, 2.05) is 5.32 Å². The molecule has 0 unspecified atom stereocenters. The molecule has 1 aromatic rings. The molecule has 0 fully saturated rings. The highest BCUT2D eigenvalue weighted by atomic mass is 32.2. The molecule has 1 aromatic carbocycles. The fourth-order valence-electron chi connectivity index (χ4n) is 1.49. The molecule has 0 aliphatic rings. The zero-order valence-corrected chi connectivity index (χ0v) is 13.0. The fourth-order valence-corrected chi connectivity index (χ4v) is 2.37. The first-order valence-corrected chi connectivity index (χ1v) is 7.95. The van der Waals surface area contributed by atoms with Crippen molar-refractivity contribution < 1.29 is 32.3 Å². The third-order valence-corrected chi connectivity index (χ3v) is 3.73. The van der Waals surface area contributed by atoms with E-state index >= 15 is 0 Å². The minimum Gasteiger partial charge on any atom is -0.453 e. The van der Waals surface area contributed by atoms with Crippen molar-refractivity contribution in [3.63, 3.8) is 0 Å². The molecule has 0 spiro atoms. The minimum absolute atomic E-state index is 0.192. The van der Waals surface area contributed by atoms with Crippen molar-refractivity contribution in [1.29, 1.82) is 0 Å². The average Bonchev–Trinajstić information content (AvgIpc) is 2.45. The van der Waals surface area contributed by atoms with Crippen molar-refractivity contribution in [1.82, 2.24) is 5.32 Å². The van der Waals surface area contributed by atoms with Crippen LogP contribution in [0.3, 0.4) is 0 Å². The number of sulfone groups is 1. The molecule has 1 N–H and O–H groups in total. The first-order chi connectivity index (χ1) is 10.2. The molecule has 8 nitrogen and oxygen atoms in total. The van der Waals surface area contributed by atoms with E-state index in [-0.39, 0.29) is 10.5 Å². The van der Waals surface area contributed by atoms with Crippen molar-refractivity contribution in [2.45, 2.75) is 17.9 Å². The first-order valence-electron chi connectivity index (χ1n) is 6.05. The van der Waals surface area contributed by atoms with Crippen molar-refractivity contribution >= 4 is 27.8 Å². The normalized spacial score (nSPS) is 12.1. The summed E-state index contributed by atoms with van der Waals surface area (Å²) in [5, 5.41) is 1.84. The second-order valence-corrected chi connectivity index (χ2v) is 6.28. The summed E-state index contributed by atoms with van der Waals surface area (Å²) in [6.45, 7) is 1.24. The molecule has 9 heteroatoms. The third kappa shape index (κ3) is 4.55. The smallest absolute Gasteiger partial charge is 0.413 e. The highest BCUT2D eigenvalue weighted by Gasteiger charge is 2.24. The van der Waals surface area contributed by atoms with Gasteiger partial charge in [-0.15, -0.1) is 0 Å². The average molecular weight is 329 g/mol. The number of hydrogen-bond acceptors (Lipinski definition) is 7. The maximum Gasteiger partial charge on any atom is 0.413 e. The Hall–Kier alpha value is -2.42. The lowest BCUT2D eigenvalue weighted by Crippen LogP contribution is -2.39. The summed E-state index contributed by atoms with van der Waals surface area (Å²) in [5.41, 5.74) is -0.192. The summed E-state index contributed by atoms with van der Waals surface area (Å²) in [6, 6.07) is 5.44. The molecule has 0 saturated heterocycles. The van der Waals surface area contributed by atoms with Crippen LogP contribution in [0.15, 0.2) is 29.2 Å². The van der Waals surface area contributed by atoms with Crippen LogP contribution in [0.2, 0.25) is 0 Å². The molecule has 0 saturated carbocycles. The first kappa shape index (κ1) is 17.6. The molecular formula is C13H15NO7S. The maximum atomic E-state index is 12.0. The molecule has 1 rings (SSSR count). The van der Waals surface area contributed by atoms with Crippen LogP contribution in [-0.4, -0.2) is 45.9 Å². The largest absolute Gasteiger partial charge is 0.453 e.